The Hall–Kier alpha value is -2.79. The van der Waals surface area contributed by atoms with Gasteiger partial charge in [0.15, 0.2) is 6.29 Å². The molecule has 2 aromatic rings. The van der Waals surface area contributed by atoms with E-state index in [4.69, 9.17) is 19.3 Å². The first-order valence-electron chi connectivity index (χ1n) is 7.86. The number of para-hydroxylation sites is 2. The fraction of sp³-hybridized carbons (Fsp3) is 0.250. The number of rotatable bonds is 6. The van der Waals surface area contributed by atoms with Crippen LogP contribution in [0.5, 0.6) is 11.5 Å². The lowest BCUT2D eigenvalue weighted by Gasteiger charge is -2.14. The third-order valence-electron chi connectivity index (χ3n) is 2.72. The molecule has 5 nitrogen and oxygen atoms in total. The highest BCUT2D eigenvalue weighted by Crippen LogP contribution is 2.12. The normalized spacial score (nSPS) is 12.0. The number of esters is 1. The van der Waals surface area contributed by atoms with E-state index in [1.165, 1.54) is 0 Å². The molecular formula is C20H24O5. The quantitative estimate of drug-likeness (QED) is 0.488. The molecule has 25 heavy (non-hydrogen) atoms. The fourth-order valence-electron chi connectivity index (χ4n) is 1.66. The summed E-state index contributed by atoms with van der Waals surface area (Å²) in [5.74, 6) is 0.912. The summed E-state index contributed by atoms with van der Waals surface area (Å²) in [5, 5.41) is 8.78. The van der Waals surface area contributed by atoms with Gasteiger partial charge in [0, 0.05) is 12.5 Å². The van der Waals surface area contributed by atoms with Crippen LogP contribution in [-0.2, 0) is 9.53 Å². The molecule has 0 aromatic heterocycles. The van der Waals surface area contributed by atoms with Crippen LogP contribution in [0.25, 0.3) is 0 Å². The zero-order valence-electron chi connectivity index (χ0n) is 14.7. The average Bonchev–Trinajstić information content (AvgIpc) is 2.56. The van der Waals surface area contributed by atoms with Crippen molar-refractivity contribution in [2.75, 3.05) is 0 Å². The van der Waals surface area contributed by atoms with Crippen LogP contribution in [0, 0.1) is 0 Å². The summed E-state index contributed by atoms with van der Waals surface area (Å²) >= 11 is 0. The Morgan fingerprint density at radius 1 is 0.920 bits per heavy atom. The van der Waals surface area contributed by atoms with E-state index in [9.17, 15) is 4.79 Å². The van der Waals surface area contributed by atoms with Crippen molar-refractivity contribution in [2.24, 2.45) is 0 Å². The number of aliphatic hydroxyl groups is 1. The van der Waals surface area contributed by atoms with Crippen LogP contribution in [0.3, 0.4) is 0 Å². The first kappa shape index (κ1) is 20.3. The molecule has 0 fully saturated rings. The van der Waals surface area contributed by atoms with E-state index in [1.807, 2.05) is 36.4 Å². The molecule has 0 radical (unpaired) electrons. The molecule has 1 N–H and O–H groups in total. The minimum absolute atomic E-state index is 0.360. The van der Waals surface area contributed by atoms with Crippen molar-refractivity contribution in [1.29, 1.82) is 0 Å². The van der Waals surface area contributed by atoms with Crippen molar-refractivity contribution in [1.82, 2.24) is 0 Å². The van der Waals surface area contributed by atoms with Crippen molar-refractivity contribution in [2.45, 2.75) is 33.4 Å². The number of ether oxygens (including phenoxy) is 3. The van der Waals surface area contributed by atoms with Crippen LogP contribution in [0.15, 0.2) is 72.8 Å². The van der Waals surface area contributed by atoms with E-state index in [2.05, 4.69) is 6.58 Å². The summed E-state index contributed by atoms with van der Waals surface area (Å²) in [6.45, 7) is 8.32. The lowest BCUT2D eigenvalue weighted by atomic mass is 10.3. The van der Waals surface area contributed by atoms with E-state index in [0.29, 0.717) is 17.1 Å². The maximum Gasteiger partial charge on any atom is 0.336 e. The van der Waals surface area contributed by atoms with Crippen LogP contribution in [-0.4, -0.2) is 23.7 Å². The number of benzene rings is 2. The second-order valence-electron chi connectivity index (χ2n) is 5.21. The van der Waals surface area contributed by atoms with Gasteiger partial charge in [-0.05, 0) is 38.1 Å². The van der Waals surface area contributed by atoms with Gasteiger partial charge in [0.25, 0.3) is 0 Å². The maximum absolute atomic E-state index is 11.1. The second kappa shape index (κ2) is 10.9. The number of aliphatic hydroxyl groups excluding tert-OH is 1. The molecule has 2 aromatic carbocycles. The Balaban J connectivity index is 0.000000271. The predicted molar refractivity (Wildman–Crippen MR) is 96.2 cm³/mol. The van der Waals surface area contributed by atoms with E-state index in [-0.39, 0.29) is 0 Å². The summed E-state index contributed by atoms with van der Waals surface area (Å²) in [7, 11) is 0. The van der Waals surface area contributed by atoms with E-state index >= 15 is 0 Å². The second-order valence-corrected chi connectivity index (χ2v) is 5.21. The average molecular weight is 344 g/mol. The van der Waals surface area contributed by atoms with E-state index in [1.54, 1.807) is 45.0 Å². The molecule has 5 heteroatoms. The van der Waals surface area contributed by atoms with Crippen LogP contribution in [0.2, 0.25) is 0 Å². The van der Waals surface area contributed by atoms with Crippen molar-refractivity contribution in [3.05, 3.63) is 72.8 Å². The topological polar surface area (TPSA) is 65.0 Å². The standard InChI is InChI=1S/C12H14O3.C8H10O2/c1-9(2)12(13)15-10(3)14-11-7-5-4-6-8-11;1-7(9)10-8-5-3-2-4-6-8/h4-8,10H,1H2,2-3H3;2-7,9H,1H3. The van der Waals surface area contributed by atoms with E-state index in [0.717, 1.165) is 0 Å². The third kappa shape index (κ3) is 9.17. The number of hydrogen-bond donors (Lipinski definition) is 1. The smallest absolute Gasteiger partial charge is 0.336 e. The van der Waals surface area contributed by atoms with Crippen molar-refractivity contribution in [3.8, 4) is 11.5 Å². The zero-order chi connectivity index (χ0) is 18.7. The highest BCUT2D eigenvalue weighted by molar-refractivity contribution is 5.87. The first-order chi connectivity index (χ1) is 11.9. The highest BCUT2D eigenvalue weighted by atomic mass is 16.7. The molecule has 0 bridgehead atoms. The Bertz CT molecular complexity index is 638. The molecule has 0 aliphatic heterocycles. The minimum Gasteiger partial charge on any atom is -0.465 e. The van der Waals surface area contributed by atoms with Crippen LogP contribution >= 0.6 is 0 Å². The summed E-state index contributed by atoms with van der Waals surface area (Å²) in [6.07, 6.45) is -1.35. The Morgan fingerprint density at radius 3 is 1.76 bits per heavy atom. The summed E-state index contributed by atoms with van der Waals surface area (Å²) < 4.78 is 15.3. The van der Waals surface area contributed by atoms with Crippen LogP contribution in [0.1, 0.15) is 20.8 Å². The molecule has 0 heterocycles. The van der Waals surface area contributed by atoms with Gasteiger partial charge in [-0.3, -0.25) is 0 Å². The largest absolute Gasteiger partial charge is 0.465 e. The lowest BCUT2D eigenvalue weighted by molar-refractivity contribution is -0.156. The highest BCUT2D eigenvalue weighted by Gasteiger charge is 2.10. The van der Waals surface area contributed by atoms with Crippen LogP contribution in [0.4, 0.5) is 0 Å². The zero-order valence-corrected chi connectivity index (χ0v) is 14.7. The summed E-state index contributed by atoms with van der Waals surface area (Å²) in [6, 6.07) is 18.4. The lowest BCUT2D eigenvalue weighted by Crippen LogP contribution is -2.21. The van der Waals surface area contributed by atoms with Gasteiger partial charge < -0.3 is 19.3 Å². The Kier molecular flexibility index (Phi) is 8.82. The molecule has 0 aliphatic rings. The monoisotopic (exact) mass is 344 g/mol. The predicted octanol–water partition coefficient (Wildman–Crippen LogP) is 3.93. The maximum atomic E-state index is 11.1. The third-order valence-corrected chi connectivity index (χ3v) is 2.72. The molecule has 2 rings (SSSR count). The van der Waals surface area contributed by atoms with Gasteiger partial charge in [-0.2, -0.15) is 0 Å². The van der Waals surface area contributed by atoms with Crippen molar-refractivity contribution < 1.29 is 24.1 Å². The molecule has 0 amide bonds. The molecule has 0 saturated carbocycles. The molecule has 134 valence electrons. The Labute approximate surface area is 148 Å². The van der Waals surface area contributed by atoms with Gasteiger partial charge >= 0.3 is 5.97 Å². The molecule has 2 atom stereocenters. The minimum atomic E-state index is -0.734. The molecule has 0 spiro atoms. The molecule has 0 saturated heterocycles. The van der Waals surface area contributed by atoms with Crippen molar-refractivity contribution in [3.63, 3.8) is 0 Å². The summed E-state index contributed by atoms with van der Waals surface area (Å²) in [4.78, 5) is 11.1. The van der Waals surface area contributed by atoms with Gasteiger partial charge in [-0.25, -0.2) is 4.79 Å². The van der Waals surface area contributed by atoms with Gasteiger partial charge in [-0.1, -0.05) is 43.0 Å². The molecule has 0 aliphatic carbocycles. The molecular weight excluding hydrogens is 320 g/mol. The van der Waals surface area contributed by atoms with Gasteiger partial charge in [0.2, 0.25) is 6.29 Å². The van der Waals surface area contributed by atoms with Crippen molar-refractivity contribution >= 4 is 5.97 Å². The van der Waals surface area contributed by atoms with Gasteiger partial charge in [0.05, 0.1) is 0 Å². The first-order valence-corrected chi connectivity index (χ1v) is 7.86. The van der Waals surface area contributed by atoms with Gasteiger partial charge in [0.1, 0.15) is 11.5 Å². The van der Waals surface area contributed by atoms with Crippen LogP contribution < -0.4 is 9.47 Å². The number of hydrogen-bond acceptors (Lipinski definition) is 5. The summed E-state index contributed by atoms with van der Waals surface area (Å²) in [5.41, 5.74) is 0.360. The molecule has 2 unspecified atom stereocenters. The Morgan fingerprint density at radius 2 is 1.36 bits per heavy atom. The number of carbonyl (C=O) groups excluding carboxylic acids is 1. The fourth-order valence-corrected chi connectivity index (χ4v) is 1.66. The van der Waals surface area contributed by atoms with E-state index < -0.39 is 18.5 Å². The van der Waals surface area contributed by atoms with Gasteiger partial charge in [-0.15, -0.1) is 0 Å². The SMILES string of the molecule is C=C(C)C(=O)OC(C)Oc1ccccc1.CC(O)Oc1ccccc1. The number of carbonyl (C=O) groups is 1.